The number of hydrogen-bond acceptors (Lipinski definition) is 6. The zero-order valence-electron chi connectivity index (χ0n) is 20.7. The van der Waals surface area contributed by atoms with Crippen molar-refractivity contribution in [1.82, 2.24) is 39.1 Å². The fourth-order valence-corrected chi connectivity index (χ4v) is 4.46. The van der Waals surface area contributed by atoms with Crippen LogP contribution in [0.25, 0.3) is 22.6 Å². The van der Waals surface area contributed by atoms with Gasteiger partial charge in [0.25, 0.3) is 5.91 Å². The molecule has 6 rings (SSSR count). The SMILES string of the molecule is C[C@@H](NC(=O)c1c(N)nn2cccnc12)c1nc2cccc(C#Cc3cnn(C)c3)n2c1-c1ccccc1. The number of rotatable bonds is 4. The van der Waals surface area contributed by atoms with E-state index in [1.807, 2.05) is 73.1 Å². The molecule has 0 aliphatic heterocycles. The predicted octanol–water partition coefficient (Wildman–Crippen LogP) is 3.25. The molecule has 6 aromatic rings. The molecule has 0 bridgehead atoms. The molecule has 0 aliphatic carbocycles. The first kappa shape index (κ1) is 23.0. The van der Waals surface area contributed by atoms with E-state index < -0.39 is 6.04 Å². The summed E-state index contributed by atoms with van der Waals surface area (Å²) in [5.74, 6) is 6.18. The highest BCUT2D eigenvalue weighted by Gasteiger charge is 2.25. The van der Waals surface area contributed by atoms with Gasteiger partial charge in [0.1, 0.15) is 11.2 Å². The molecule has 38 heavy (non-hydrogen) atoms. The number of aryl methyl sites for hydroxylation is 1. The Labute approximate surface area is 217 Å². The molecule has 0 radical (unpaired) electrons. The number of amides is 1. The molecule has 0 aliphatic rings. The molecular formula is C28H23N9O. The van der Waals surface area contributed by atoms with Gasteiger partial charge in [-0.05, 0) is 31.0 Å². The second-order valence-electron chi connectivity index (χ2n) is 8.81. The van der Waals surface area contributed by atoms with Crippen molar-refractivity contribution in [2.24, 2.45) is 7.05 Å². The maximum Gasteiger partial charge on any atom is 0.259 e. The van der Waals surface area contributed by atoms with E-state index in [9.17, 15) is 4.79 Å². The number of pyridine rings is 1. The average molecular weight is 502 g/mol. The molecule has 0 saturated heterocycles. The molecule has 3 N–H and O–H groups in total. The van der Waals surface area contributed by atoms with Gasteiger partial charge in [0.2, 0.25) is 0 Å². The minimum atomic E-state index is -0.463. The molecule has 1 aromatic carbocycles. The van der Waals surface area contributed by atoms with Crippen molar-refractivity contribution < 1.29 is 4.79 Å². The van der Waals surface area contributed by atoms with Crippen molar-refractivity contribution in [1.29, 1.82) is 0 Å². The average Bonchev–Trinajstić information content (AvgIpc) is 3.62. The molecule has 10 nitrogen and oxygen atoms in total. The minimum absolute atomic E-state index is 0.111. The number of fused-ring (bicyclic) bond motifs is 2. The van der Waals surface area contributed by atoms with Crippen molar-refractivity contribution in [3.8, 4) is 23.1 Å². The van der Waals surface area contributed by atoms with Gasteiger partial charge >= 0.3 is 0 Å². The number of carbonyl (C=O) groups excluding carboxylic acids is 1. The van der Waals surface area contributed by atoms with Crippen molar-refractivity contribution in [2.45, 2.75) is 13.0 Å². The van der Waals surface area contributed by atoms with E-state index in [0.29, 0.717) is 11.3 Å². The van der Waals surface area contributed by atoms with Gasteiger partial charge in [-0.15, -0.1) is 5.10 Å². The van der Waals surface area contributed by atoms with Crippen LogP contribution in [-0.4, -0.2) is 39.7 Å². The third-order valence-electron chi connectivity index (χ3n) is 6.16. The molecule has 5 heterocycles. The van der Waals surface area contributed by atoms with Gasteiger partial charge < -0.3 is 11.1 Å². The van der Waals surface area contributed by atoms with Gasteiger partial charge in [-0.25, -0.2) is 14.5 Å². The summed E-state index contributed by atoms with van der Waals surface area (Å²) < 4.78 is 5.22. The molecule has 10 heteroatoms. The smallest absolute Gasteiger partial charge is 0.259 e. The number of carbonyl (C=O) groups is 1. The molecule has 186 valence electrons. The summed E-state index contributed by atoms with van der Waals surface area (Å²) in [5, 5.41) is 11.4. The first-order chi connectivity index (χ1) is 18.5. The number of nitrogens with one attached hydrogen (secondary N) is 1. The lowest BCUT2D eigenvalue weighted by atomic mass is 10.1. The van der Waals surface area contributed by atoms with Gasteiger partial charge in [0.15, 0.2) is 11.5 Å². The highest BCUT2D eigenvalue weighted by molar-refractivity contribution is 6.04. The number of nitrogens with two attached hydrogens (primary N) is 1. The zero-order valence-corrected chi connectivity index (χ0v) is 20.7. The zero-order chi connectivity index (χ0) is 26.2. The van der Waals surface area contributed by atoms with Crippen molar-refractivity contribution >= 4 is 23.0 Å². The summed E-state index contributed by atoms with van der Waals surface area (Å²) in [6.07, 6.45) is 6.88. The number of imidazole rings is 1. The Kier molecular flexibility index (Phi) is 5.58. The number of nitrogens with zero attached hydrogens (tertiary/aromatic N) is 7. The van der Waals surface area contributed by atoms with Crippen LogP contribution in [-0.2, 0) is 7.05 Å². The molecule has 0 spiro atoms. The number of hydrogen-bond donors (Lipinski definition) is 2. The van der Waals surface area contributed by atoms with Crippen LogP contribution in [0.3, 0.4) is 0 Å². The van der Waals surface area contributed by atoms with Crippen LogP contribution < -0.4 is 11.1 Å². The van der Waals surface area contributed by atoms with Crippen LogP contribution in [0, 0.1) is 11.8 Å². The lowest BCUT2D eigenvalue weighted by Crippen LogP contribution is -2.28. The number of anilines is 1. The molecule has 0 fully saturated rings. The fourth-order valence-electron chi connectivity index (χ4n) is 4.46. The molecule has 0 unspecified atom stereocenters. The summed E-state index contributed by atoms with van der Waals surface area (Å²) in [6, 6.07) is 17.0. The summed E-state index contributed by atoms with van der Waals surface area (Å²) >= 11 is 0. The topological polar surface area (TPSA) is 120 Å². The van der Waals surface area contributed by atoms with Crippen LogP contribution in [0.15, 0.2) is 79.4 Å². The van der Waals surface area contributed by atoms with Crippen LogP contribution in [0.1, 0.15) is 40.3 Å². The van der Waals surface area contributed by atoms with E-state index in [-0.39, 0.29) is 17.3 Å². The normalized spacial score (nSPS) is 11.8. The number of nitrogen functional groups attached to an aromatic ring is 1. The quantitative estimate of drug-likeness (QED) is 0.358. The van der Waals surface area contributed by atoms with E-state index >= 15 is 0 Å². The van der Waals surface area contributed by atoms with Crippen molar-refractivity contribution in [2.75, 3.05) is 5.73 Å². The Morgan fingerprint density at radius 1 is 1.08 bits per heavy atom. The third-order valence-corrected chi connectivity index (χ3v) is 6.16. The van der Waals surface area contributed by atoms with Gasteiger partial charge in [-0.2, -0.15) is 5.10 Å². The van der Waals surface area contributed by atoms with E-state index in [0.717, 1.165) is 28.2 Å². The Morgan fingerprint density at radius 3 is 2.71 bits per heavy atom. The van der Waals surface area contributed by atoms with Crippen LogP contribution in [0.2, 0.25) is 0 Å². The number of benzene rings is 1. The van der Waals surface area contributed by atoms with E-state index in [1.165, 1.54) is 4.52 Å². The van der Waals surface area contributed by atoms with E-state index in [1.54, 1.807) is 29.3 Å². The molecular weight excluding hydrogens is 478 g/mol. The summed E-state index contributed by atoms with van der Waals surface area (Å²) in [4.78, 5) is 22.6. The summed E-state index contributed by atoms with van der Waals surface area (Å²) in [5.41, 5.74) is 11.5. The monoisotopic (exact) mass is 501 g/mol. The Hall–Kier alpha value is -5.43. The van der Waals surface area contributed by atoms with Crippen LogP contribution >= 0.6 is 0 Å². The standard InChI is InChI=1S/C28H23N9O/c1-18(32-28(38)23-26(29)34-36-15-7-14-30-27(23)36)24-25(20-8-4-3-5-9-20)37-21(10-6-11-22(37)33-24)13-12-19-16-31-35(2)17-19/h3-11,14-18H,1-2H3,(H2,29,34)(H,32,38)/t18-/m1/s1. The molecule has 1 atom stereocenters. The summed E-state index contributed by atoms with van der Waals surface area (Å²) in [7, 11) is 1.86. The lowest BCUT2D eigenvalue weighted by molar-refractivity contribution is 0.0941. The van der Waals surface area contributed by atoms with Crippen LogP contribution in [0.4, 0.5) is 5.82 Å². The number of aromatic nitrogens is 7. The Balaban J connectivity index is 1.45. The maximum absolute atomic E-state index is 13.4. The van der Waals surface area contributed by atoms with Crippen molar-refractivity contribution in [3.63, 3.8) is 0 Å². The first-order valence-electron chi connectivity index (χ1n) is 12.0. The van der Waals surface area contributed by atoms with Gasteiger partial charge in [0.05, 0.1) is 34.9 Å². The first-order valence-corrected chi connectivity index (χ1v) is 12.0. The maximum atomic E-state index is 13.4. The minimum Gasteiger partial charge on any atom is -0.381 e. The fraction of sp³-hybridized carbons (Fsp3) is 0.107. The second kappa shape index (κ2) is 9.22. The predicted molar refractivity (Wildman–Crippen MR) is 143 cm³/mol. The van der Waals surface area contributed by atoms with Crippen molar-refractivity contribution in [3.05, 3.63) is 102 Å². The molecule has 0 saturated carbocycles. The van der Waals surface area contributed by atoms with Gasteiger partial charge in [0, 0.05) is 31.2 Å². The molecule has 5 aromatic heterocycles. The van der Waals surface area contributed by atoms with E-state index in [2.05, 4.69) is 32.3 Å². The Morgan fingerprint density at radius 2 is 1.92 bits per heavy atom. The lowest BCUT2D eigenvalue weighted by Gasteiger charge is -2.14. The third kappa shape index (κ3) is 4.02. The summed E-state index contributed by atoms with van der Waals surface area (Å²) in [6.45, 7) is 1.89. The highest BCUT2D eigenvalue weighted by atomic mass is 16.1. The second-order valence-corrected chi connectivity index (χ2v) is 8.81. The highest BCUT2D eigenvalue weighted by Crippen LogP contribution is 2.31. The largest absolute Gasteiger partial charge is 0.381 e. The van der Waals surface area contributed by atoms with Gasteiger partial charge in [-0.1, -0.05) is 42.3 Å². The molecule has 1 amide bonds. The Bertz CT molecular complexity index is 1870. The van der Waals surface area contributed by atoms with Gasteiger partial charge in [-0.3, -0.25) is 13.9 Å². The van der Waals surface area contributed by atoms with E-state index in [4.69, 9.17) is 10.7 Å². The van der Waals surface area contributed by atoms with Crippen LogP contribution in [0.5, 0.6) is 0 Å².